The Hall–Kier alpha value is -2.89. The molecule has 3 aromatic carbocycles. The predicted octanol–water partition coefficient (Wildman–Crippen LogP) is 6.43. The second-order valence-electron chi connectivity index (χ2n) is 5.99. The maximum atomic E-state index is 12.9. The van der Waals surface area contributed by atoms with Crippen molar-refractivity contribution in [3.63, 3.8) is 0 Å². The Labute approximate surface area is 170 Å². The Bertz CT molecular complexity index is 1100. The maximum Gasteiger partial charge on any atom is 0.258 e. The maximum absolute atomic E-state index is 12.9. The van der Waals surface area contributed by atoms with Crippen LogP contribution in [0, 0.1) is 5.82 Å². The summed E-state index contributed by atoms with van der Waals surface area (Å²) in [5.74, 6) is 1.08. The molecule has 4 nitrogen and oxygen atoms in total. The molecule has 0 fully saturated rings. The van der Waals surface area contributed by atoms with Crippen molar-refractivity contribution in [2.75, 3.05) is 0 Å². The van der Waals surface area contributed by atoms with Crippen molar-refractivity contribution < 1.29 is 13.7 Å². The molecule has 0 saturated heterocycles. The molecule has 0 spiro atoms. The number of halogens is 3. The van der Waals surface area contributed by atoms with Gasteiger partial charge in [-0.25, -0.2) is 4.39 Å². The molecular formula is C21H13Cl2FN2O2. The fourth-order valence-corrected chi connectivity index (χ4v) is 3.05. The zero-order valence-corrected chi connectivity index (χ0v) is 15.9. The van der Waals surface area contributed by atoms with Crippen LogP contribution in [0.1, 0.15) is 5.56 Å². The van der Waals surface area contributed by atoms with E-state index in [2.05, 4.69) is 10.1 Å². The van der Waals surface area contributed by atoms with Crippen LogP contribution in [0.5, 0.6) is 5.75 Å². The zero-order valence-electron chi connectivity index (χ0n) is 14.4. The summed E-state index contributed by atoms with van der Waals surface area (Å²) in [7, 11) is 0. The Morgan fingerprint density at radius 2 is 1.68 bits per heavy atom. The van der Waals surface area contributed by atoms with Crippen molar-refractivity contribution in [1.29, 1.82) is 0 Å². The van der Waals surface area contributed by atoms with Gasteiger partial charge >= 0.3 is 0 Å². The average Bonchev–Trinajstić information content (AvgIpc) is 3.18. The molecule has 0 N–H and O–H groups in total. The van der Waals surface area contributed by atoms with Gasteiger partial charge in [-0.15, -0.1) is 0 Å². The first kappa shape index (κ1) is 18.5. The van der Waals surface area contributed by atoms with E-state index in [1.807, 2.05) is 24.3 Å². The van der Waals surface area contributed by atoms with E-state index in [-0.39, 0.29) is 5.82 Å². The van der Waals surface area contributed by atoms with E-state index in [1.54, 1.807) is 30.3 Å². The summed E-state index contributed by atoms with van der Waals surface area (Å²) in [4.78, 5) is 4.40. The minimum absolute atomic E-state index is 0.296. The van der Waals surface area contributed by atoms with E-state index in [1.165, 1.54) is 12.1 Å². The van der Waals surface area contributed by atoms with Gasteiger partial charge in [0.05, 0.1) is 5.02 Å². The van der Waals surface area contributed by atoms with Gasteiger partial charge in [0.25, 0.3) is 5.89 Å². The van der Waals surface area contributed by atoms with E-state index in [0.29, 0.717) is 39.7 Å². The standard InChI is InChI=1S/C21H13Cl2FN2O2/c22-15-5-10-18(19(23)11-15)20-25-21(28-26-20)14-3-1-13(2-4-14)12-27-17-8-6-16(24)7-9-17/h1-11H,12H2. The normalized spacial score (nSPS) is 10.8. The number of nitrogens with zero attached hydrogens (tertiary/aromatic N) is 2. The largest absolute Gasteiger partial charge is 0.489 e. The van der Waals surface area contributed by atoms with Crippen LogP contribution in [0.25, 0.3) is 22.8 Å². The lowest BCUT2D eigenvalue weighted by Crippen LogP contribution is -1.95. The third-order valence-electron chi connectivity index (χ3n) is 4.02. The van der Waals surface area contributed by atoms with E-state index in [0.717, 1.165) is 11.1 Å². The lowest BCUT2D eigenvalue weighted by atomic mass is 10.1. The minimum atomic E-state index is -0.296. The molecule has 0 unspecified atom stereocenters. The summed E-state index contributed by atoms with van der Waals surface area (Å²) < 4.78 is 23.9. The van der Waals surface area contributed by atoms with Crippen LogP contribution in [-0.4, -0.2) is 10.1 Å². The van der Waals surface area contributed by atoms with Gasteiger partial charge in [-0.1, -0.05) is 40.5 Å². The molecule has 0 aliphatic carbocycles. The van der Waals surface area contributed by atoms with E-state index in [4.69, 9.17) is 32.5 Å². The smallest absolute Gasteiger partial charge is 0.258 e. The summed E-state index contributed by atoms with van der Waals surface area (Å²) in [5, 5.41) is 4.98. The highest BCUT2D eigenvalue weighted by molar-refractivity contribution is 6.36. The quantitative estimate of drug-likeness (QED) is 0.377. The molecule has 1 aromatic heterocycles. The molecule has 0 bridgehead atoms. The van der Waals surface area contributed by atoms with Crippen molar-refractivity contribution in [3.8, 4) is 28.6 Å². The van der Waals surface area contributed by atoms with Crippen LogP contribution >= 0.6 is 23.2 Å². The fourth-order valence-electron chi connectivity index (χ4n) is 2.56. The number of hydrogen-bond acceptors (Lipinski definition) is 4. The molecule has 1 heterocycles. The summed E-state index contributed by atoms with van der Waals surface area (Å²) in [6, 6.07) is 18.5. The highest BCUT2D eigenvalue weighted by Crippen LogP contribution is 2.30. The number of aromatic nitrogens is 2. The molecule has 140 valence electrons. The van der Waals surface area contributed by atoms with E-state index >= 15 is 0 Å². The van der Waals surface area contributed by atoms with Crippen LogP contribution < -0.4 is 4.74 Å². The van der Waals surface area contributed by atoms with Gasteiger partial charge < -0.3 is 9.26 Å². The highest BCUT2D eigenvalue weighted by atomic mass is 35.5. The van der Waals surface area contributed by atoms with Gasteiger partial charge in [-0.05, 0) is 60.2 Å². The van der Waals surface area contributed by atoms with Crippen molar-refractivity contribution >= 4 is 23.2 Å². The average molecular weight is 415 g/mol. The second kappa shape index (κ2) is 8.00. The van der Waals surface area contributed by atoms with Gasteiger partial charge in [0.2, 0.25) is 5.82 Å². The Morgan fingerprint density at radius 1 is 0.929 bits per heavy atom. The molecule has 0 atom stereocenters. The Kier molecular flexibility index (Phi) is 5.28. The lowest BCUT2D eigenvalue weighted by Gasteiger charge is -2.06. The van der Waals surface area contributed by atoms with Gasteiger partial charge in [0.15, 0.2) is 0 Å². The summed E-state index contributed by atoms with van der Waals surface area (Å²) in [6.45, 7) is 0.362. The van der Waals surface area contributed by atoms with E-state index in [9.17, 15) is 4.39 Å². The van der Waals surface area contributed by atoms with Crippen molar-refractivity contribution in [2.45, 2.75) is 6.61 Å². The Balaban J connectivity index is 1.47. The zero-order chi connectivity index (χ0) is 19.5. The topological polar surface area (TPSA) is 48.2 Å². The molecule has 28 heavy (non-hydrogen) atoms. The van der Waals surface area contributed by atoms with Crippen LogP contribution in [0.4, 0.5) is 4.39 Å². The molecule has 4 aromatic rings. The SMILES string of the molecule is Fc1ccc(OCc2ccc(-c3nc(-c4ccc(Cl)cc4Cl)no3)cc2)cc1. The highest BCUT2D eigenvalue weighted by Gasteiger charge is 2.13. The first-order valence-corrected chi connectivity index (χ1v) is 9.11. The monoisotopic (exact) mass is 414 g/mol. The number of ether oxygens (including phenoxy) is 1. The first-order chi connectivity index (χ1) is 13.6. The van der Waals surface area contributed by atoms with E-state index < -0.39 is 0 Å². The Morgan fingerprint density at radius 3 is 2.39 bits per heavy atom. The van der Waals surface area contributed by atoms with Crippen molar-refractivity contribution in [2.24, 2.45) is 0 Å². The third-order valence-corrected chi connectivity index (χ3v) is 4.57. The molecule has 0 radical (unpaired) electrons. The number of benzene rings is 3. The molecule has 0 aliphatic rings. The lowest BCUT2D eigenvalue weighted by molar-refractivity contribution is 0.306. The van der Waals surface area contributed by atoms with Crippen molar-refractivity contribution in [3.05, 3.63) is 88.2 Å². The fraction of sp³-hybridized carbons (Fsp3) is 0.0476. The molecule has 7 heteroatoms. The molecule has 0 amide bonds. The van der Waals surface area contributed by atoms with Crippen LogP contribution in [-0.2, 0) is 6.61 Å². The van der Waals surface area contributed by atoms with Crippen LogP contribution in [0.15, 0.2) is 71.3 Å². The molecule has 0 saturated carbocycles. The van der Waals surface area contributed by atoms with Gasteiger partial charge in [0, 0.05) is 16.1 Å². The summed E-state index contributed by atoms with van der Waals surface area (Å²) in [6.07, 6.45) is 0. The second-order valence-corrected chi connectivity index (χ2v) is 6.83. The summed E-state index contributed by atoms with van der Waals surface area (Å²) in [5.41, 5.74) is 2.37. The van der Waals surface area contributed by atoms with Gasteiger partial charge in [0.1, 0.15) is 18.2 Å². The predicted molar refractivity (Wildman–Crippen MR) is 106 cm³/mol. The molecule has 4 rings (SSSR count). The first-order valence-electron chi connectivity index (χ1n) is 8.35. The molecular weight excluding hydrogens is 402 g/mol. The third kappa shape index (κ3) is 4.16. The molecule has 0 aliphatic heterocycles. The van der Waals surface area contributed by atoms with Crippen LogP contribution in [0.3, 0.4) is 0 Å². The summed E-state index contributed by atoms with van der Waals surface area (Å²) >= 11 is 12.1. The minimum Gasteiger partial charge on any atom is -0.489 e. The van der Waals surface area contributed by atoms with Gasteiger partial charge in [-0.3, -0.25) is 0 Å². The van der Waals surface area contributed by atoms with Gasteiger partial charge in [-0.2, -0.15) is 4.98 Å². The van der Waals surface area contributed by atoms with Crippen molar-refractivity contribution in [1.82, 2.24) is 10.1 Å². The van der Waals surface area contributed by atoms with Crippen LogP contribution in [0.2, 0.25) is 10.0 Å². The number of rotatable bonds is 5. The number of hydrogen-bond donors (Lipinski definition) is 0.